The molecule has 1 N–H and O–H groups in total. The summed E-state index contributed by atoms with van der Waals surface area (Å²) in [5.74, 6) is 0. The second-order valence-corrected chi connectivity index (χ2v) is 7.85. The summed E-state index contributed by atoms with van der Waals surface area (Å²) in [4.78, 5) is 11.5. The van der Waals surface area contributed by atoms with E-state index in [1.807, 2.05) is 11.3 Å². The van der Waals surface area contributed by atoms with E-state index in [1.165, 1.54) is 74.0 Å². The summed E-state index contributed by atoms with van der Waals surface area (Å²) in [5, 5.41) is 4.87. The van der Waals surface area contributed by atoms with Crippen molar-refractivity contribution in [2.24, 2.45) is 0 Å². The molecule has 1 aromatic rings. The Bertz CT molecular complexity index is 490. The summed E-state index contributed by atoms with van der Waals surface area (Å²) in [6.07, 6.45) is 6.81. The van der Waals surface area contributed by atoms with Gasteiger partial charge in [-0.25, -0.2) is 4.98 Å². The number of nitrogens with zero attached hydrogens (tertiary/aromatic N) is 3. The minimum Gasteiger partial charge on any atom is -0.346 e. The van der Waals surface area contributed by atoms with Crippen LogP contribution in [0.15, 0.2) is 0 Å². The van der Waals surface area contributed by atoms with Crippen molar-refractivity contribution in [2.75, 3.05) is 31.1 Å². The number of rotatable bonds is 5. The van der Waals surface area contributed by atoms with Crippen molar-refractivity contribution in [3.05, 3.63) is 10.6 Å². The first-order valence-corrected chi connectivity index (χ1v) is 9.30. The molecule has 1 aromatic heterocycles. The molecule has 1 atom stereocenters. The van der Waals surface area contributed by atoms with E-state index in [-0.39, 0.29) is 0 Å². The smallest absolute Gasteiger partial charge is 0.185 e. The first-order valence-electron chi connectivity index (χ1n) is 8.48. The second-order valence-electron chi connectivity index (χ2n) is 6.79. The van der Waals surface area contributed by atoms with Gasteiger partial charge in [-0.15, -0.1) is 11.3 Å². The van der Waals surface area contributed by atoms with Crippen LogP contribution in [0.2, 0.25) is 0 Å². The topological polar surface area (TPSA) is 31.4 Å². The third kappa shape index (κ3) is 3.10. The lowest BCUT2D eigenvalue weighted by atomic mass is 10.2. The first kappa shape index (κ1) is 14.0. The van der Waals surface area contributed by atoms with Crippen LogP contribution in [0.1, 0.15) is 42.7 Å². The highest BCUT2D eigenvalue weighted by Gasteiger charge is 2.31. The number of anilines is 1. The molecule has 2 aliphatic heterocycles. The van der Waals surface area contributed by atoms with E-state index >= 15 is 0 Å². The molecule has 0 amide bonds. The zero-order valence-electron chi connectivity index (χ0n) is 13.0. The predicted molar refractivity (Wildman–Crippen MR) is 88.1 cm³/mol. The fourth-order valence-electron chi connectivity index (χ4n) is 3.56. The third-order valence-corrected chi connectivity index (χ3v) is 6.32. The Morgan fingerprint density at radius 3 is 2.76 bits per heavy atom. The van der Waals surface area contributed by atoms with Crippen LogP contribution in [0, 0.1) is 6.92 Å². The molecule has 5 heteroatoms. The second kappa shape index (κ2) is 5.86. The predicted octanol–water partition coefficient (Wildman–Crippen LogP) is 2.38. The van der Waals surface area contributed by atoms with Gasteiger partial charge in [-0.3, -0.25) is 4.90 Å². The molecule has 3 aliphatic rings. The maximum absolute atomic E-state index is 4.84. The molecule has 0 bridgehead atoms. The molecule has 4 rings (SSSR count). The van der Waals surface area contributed by atoms with E-state index < -0.39 is 0 Å². The van der Waals surface area contributed by atoms with Gasteiger partial charge in [0.05, 0.1) is 5.69 Å². The number of hydrogen-bond acceptors (Lipinski definition) is 5. The average molecular weight is 306 g/mol. The van der Waals surface area contributed by atoms with Gasteiger partial charge in [0.1, 0.15) is 0 Å². The SMILES string of the molecule is Cc1nc(N2CCC(N3CCCC3)C2)sc1CNC1CC1. The standard InChI is InChI=1S/C16H26N4S/c1-12-15(10-17-13-4-5-13)21-16(18-12)20-9-6-14(11-20)19-7-2-3-8-19/h13-14,17H,2-11H2,1H3. The van der Waals surface area contributed by atoms with Crippen molar-refractivity contribution >= 4 is 16.5 Å². The number of aryl methyl sites for hydroxylation is 1. The molecule has 0 aromatic carbocycles. The Hall–Kier alpha value is -0.650. The highest BCUT2D eigenvalue weighted by molar-refractivity contribution is 7.15. The highest BCUT2D eigenvalue weighted by Crippen LogP contribution is 2.31. The molecular formula is C16H26N4S. The van der Waals surface area contributed by atoms with Crippen LogP contribution in [-0.2, 0) is 6.54 Å². The van der Waals surface area contributed by atoms with Crippen LogP contribution < -0.4 is 10.2 Å². The lowest BCUT2D eigenvalue weighted by molar-refractivity contribution is 0.260. The van der Waals surface area contributed by atoms with E-state index in [0.29, 0.717) is 0 Å². The Morgan fingerprint density at radius 2 is 2.00 bits per heavy atom. The van der Waals surface area contributed by atoms with Gasteiger partial charge < -0.3 is 10.2 Å². The Morgan fingerprint density at radius 1 is 1.19 bits per heavy atom. The monoisotopic (exact) mass is 306 g/mol. The van der Waals surface area contributed by atoms with Gasteiger partial charge in [0.15, 0.2) is 5.13 Å². The van der Waals surface area contributed by atoms with Crippen molar-refractivity contribution in [3.63, 3.8) is 0 Å². The molecule has 0 radical (unpaired) electrons. The maximum Gasteiger partial charge on any atom is 0.185 e. The minimum atomic E-state index is 0.768. The van der Waals surface area contributed by atoms with Gasteiger partial charge in [0.2, 0.25) is 0 Å². The molecule has 21 heavy (non-hydrogen) atoms. The van der Waals surface area contributed by atoms with Gasteiger partial charge in [0, 0.05) is 36.6 Å². The van der Waals surface area contributed by atoms with Crippen LogP contribution in [-0.4, -0.2) is 48.1 Å². The molecule has 4 nitrogen and oxygen atoms in total. The zero-order chi connectivity index (χ0) is 14.2. The average Bonchev–Trinajstić information content (AvgIpc) is 2.92. The number of thiazole rings is 1. The van der Waals surface area contributed by atoms with E-state index in [0.717, 1.165) is 18.6 Å². The fourth-order valence-corrected chi connectivity index (χ4v) is 4.60. The van der Waals surface area contributed by atoms with Crippen LogP contribution >= 0.6 is 11.3 Å². The number of aromatic nitrogens is 1. The first-order chi connectivity index (χ1) is 10.3. The molecule has 2 saturated heterocycles. The Kier molecular flexibility index (Phi) is 3.90. The van der Waals surface area contributed by atoms with Crippen molar-refractivity contribution in [1.29, 1.82) is 0 Å². The summed E-state index contributed by atoms with van der Waals surface area (Å²) in [5.41, 5.74) is 1.23. The van der Waals surface area contributed by atoms with Gasteiger partial charge in [0.25, 0.3) is 0 Å². The quantitative estimate of drug-likeness (QED) is 0.905. The highest BCUT2D eigenvalue weighted by atomic mass is 32.1. The summed E-state index contributed by atoms with van der Waals surface area (Å²) in [6.45, 7) is 8.17. The Balaban J connectivity index is 1.38. The molecule has 1 aliphatic carbocycles. The van der Waals surface area contributed by atoms with Crippen LogP contribution in [0.5, 0.6) is 0 Å². The fraction of sp³-hybridized carbons (Fsp3) is 0.812. The van der Waals surface area contributed by atoms with Gasteiger partial charge in [-0.05, 0) is 52.1 Å². The minimum absolute atomic E-state index is 0.768. The molecule has 116 valence electrons. The molecule has 1 saturated carbocycles. The maximum atomic E-state index is 4.84. The van der Waals surface area contributed by atoms with E-state index in [9.17, 15) is 0 Å². The lowest BCUT2D eigenvalue weighted by Crippen LogP contribution is -2.35. The Labute approximate surface area is 131 Å². The van der Waals surface area contributed by atoms with Gasteiger partial charge in [-0.1, -0.05) is 0 Å². The van der Waals surface area contributed by atoms with Crippen molar-refractivity contribution in [3.8, 4) is 0 Å². The molecular weight excluding hydrogens is 280 g/mol. The largest absolute Gasteiger partial charge is 0.346 e. The normalized spacial score (nSPS) is 26.9. The van der Waals surface area contributed by atoms with Crippen LogP contribution in [0.25, 0.3) is 0 Å². The zero-order valence-corrected chi connectivity index (χ0v) is 13.8. The van der Waals surface area contributed by atoms with Crippen LogP contribution in [0.4, 0.5) is 5.13 Å². The third-order valence-electron chi connectivity index (χ3n) is 5.10. The number of nitrogens with one attached hydrogen (secondary N) is 1. The summed E-state index contributed by atoms with van der Waals surface area (Å²) < 4.78 is 0. The lowest BCUT2D eigenvalue weighted by Gasteiger charge is -2.23. The number of hydrogen-bond donors (Lipinski definition) is 1. The molecule has 1 unspecified atom stereocenters. The number of likely N-dealkylation sites (tertiary alicyclic amines) is 1. The molecule has 0 spiro atoms. The van der Waals surface area contributed by atoms with Crippen molar-refractivity contribution in [1.82, 2.24) is 15.2 Å². The van der Waals surface area contributed by atoms with Gasteiger partial charge in [-0.2, -0.15) is 0 Å². The summed E-state index contributed by atoms with van der Waals surface area (Å²) in [6, 6.07) is 1.55. The van der Waals surface area contributed by atoms with E-state index in [1.54, 1.807) is 0 Å². The van der Waals surface area contributed by atoms with E-state index in [2.05, 4.69) is 22.0 Å². The van der Waals surface area contributed by atoms with Crippen molar-refractivity contribution < 1.29 is 0 Å². The molecule has 3 fully saturated rings. The molecule has 3 heterocycles. The van der Waals surface area contributed by atoms with E-state index in [4.69, 9.17) is 4.98 Å². The van der Waals surface area contributed by atoms with Crippen LogP contribution in [0.3, 0.4) is 0 Å². The van der Waals surface area contributed by atoms with Crippen molar-refractivity contribution in [2.45, 2.75) is 57.7 Å². The summed E-state index contributed by atoms with van der Waals surface area (Å²) in [7, 11) is 0. The summed E-state index contributed by atoms with van der Waals surface area (Å²) >= 11 is 1.90. The van der Waals surface area contributed by atoms with Gasteiger partial charge >= 0.3 is 0 Å².